The molecule has 0 saturated carbocycles. The third kappa shape index (κ3) is 4.02. The second-order valence-electron chi connectivity index (χ2n) is 3.16. The lowest BCUT2D eigenvalue weighted by Gasteiger charge is -2.04. The molecule has 0 bridgehead atoms. The van der Waals surface area contributed by atoms with Crippen LogP contribution < -0.4 is 0 Å². The molecule has 0 radical (unpaired) electrons. The Labute approximate surface area is 99.1 Å². The monoisotopic (exact) mass is 238 g/mol. The van der Waals surface area contributed by atoms with E-state index in [4.69, 9.17) is 4.74 Å². The second kappa shape index (κ2) is 6.27. The van der Waals surface area contributed by atoms with Crippen molar-refractivity contribution in [3.8, 4) is 0 Å². The van der Waals surface area contributed by atoms with Gasteiger partial charge in [-0.15, -0.1) is 0 Å². The van der Waals surface area contributed by atoms with Gasteiger partial charge in [-0.2, -0.15) is 0 Å². The fraction of sp³-hybridized carbons (Fsp3) is 0.364. The minimum atomic E-state index is -0.359. The number of thioether (sulfide) groups is 1. The largest absolute Gasteiger partial charge is 0.463 e. The topological polar surface area (TPSA) is 52.1 Å². The summed E-state index contributed by atoms with van der Waals surface area (Å²) in [6.45, 7) is 7.71. The van der Waals surface area contributed by atoms with Crippen LogP contribution in [0, 0.1) is 6.92 Å². The zero-order valence-corrected chi connectivity index (χ0v) is 10.2. The normalized spacial score (nSPS) is 9.88. The second-order valence-corrected chi connectivity index (χ2v) is 4.10. The van der Waals surface area contributed by atoms with Gasteiger partial charge < -0.3 is 4.74 Å². The van der Waals surface area contributed by atoms with Crippen molar-refractivity contribution in [3.63, 3.8) is 0 Å². The summed E-state index contributed by atoms with van der Waals surface area (Å²) in [5.41, 5.74) is 1.43. The fourth-order valence-corrected chi connectivity index (χ4v) is 1.57. The van der Waals surface area contributed by atoms with E-state index in [9.17, 15) is 4.79 Å². The van der Waals surface area contributed by atoms with Gasteiger partial charge in [0.15, 0.2) is 5.16 Å². The Morgan fingerprint density at radius 3 is 2.69 bits per heavy atom. The Bertz CT molecular complexity index is 376. The summed E-state index contributed by atoms with van der Waals surface area (Å²) in [6.07, 6.45) is 3.48. The van der Waals surface area contributed by atoms with Crippen LogP contribution in [0.25, 0.3) is 0 Å². The number of hydrogen-bond donors (Lipinski definition) is 0. The highest BCUT2D eigenvalue weighted by Crippen LogP contribution is 2.15. The predicted molar refractivity (Wildman–Crippen MR) is 63.3 cm³/mol. The molecule has 0 unspecified atom stereocenters. The molecule has 0 fully saturated rings. The van der Waals surface area contributed by atoms with Crippen molar-refractivity contribution in [2.24, 2.45) is 0 Å². The van der Waals surface area contributed by atoms with Gasteiger partial charge in [0.2, 0.25) is 0 Å². The van der Waals surface area contributed by atoms with Gasteiger partial charge in [-0.1, -0.05) is 18.3 Å². The van der Waals surface area contributed by atoms with Gasteiger partial charge in [-0.25, -0.2) is 14.8 Å². The van der Waals surface area contributed by atoms with Crippen molar-refractivity contribution in [1.82, 2.24) is 9.97 Å². The Kier molecular flexibility index (Phi) is 4.98. The highest BCUT2D eigenvalue weighted by Gasteiger charge is 2.08. The number of carbonyl (C=O) groups excluding carboxylic acids is 1. The quantitative estimate of drug-likeness (QED) is 0.340. The molecule has 0 atom stereocenters. The lowest BCUT2D eigenvalue weighted by Crippen LogP contribution is -2.08. The van der Waals surface area contributed by atoms with Crippen LogP contribution in [0.4, 0.5) is 0 Å². The van der Waals surface area contributed by atoms with Gasteiger partial charge in [0, 0.05) is 23.7 Å². The molecule has 0 aliphatic carbocycles. The number of aryl methyl sites for hydroxylation is 1. The first-order chi connectivity index (χ1) is 7.63. The molecule has 0 saturated heterocycles. The molecule has 1 aromatic rings. The molecule has 1 rings (SSSR count). The van der Waals surface area contributed by atoms with E-state index in [0.29, 0.717) is 23.1 Å². The van der Waals surface area contributed by atoms with Crippen LogP contribution in [0.15, 0.2) is 29.7 Å². The molecule has 5 heteroatoms. The lowest BCUT2D eigenvalue weighted by atomic mass is 10.4. The molecule has 0 aliphatic rings. The first-order valence-corrected chi connectivity index (χ1v) is 5.88. The maximum atomic E-state index is 11.2. The molecule has 0 spiro atoms. The van der Waals surface area contributed by atoms with E-state index in [1.165, 1.54) is 11.8 Å². The standard InChI is InChI=1S/C11H14N2O2S/c1-4-15-10(14)9(3)7-16-11-12-5-8(2)6-13-11/h5-6H,3-4,7H2,1-2H3. The van der Waals surface area contributed by atoms with Gasteiger partial charge in [0.05, 0.1) is 6.61 Å². The molecule has 1 aromatic heterocycles. The summed E-state index contributed by atoms with van der Waals surface area (Å²) in [5, 5.41) is 0.635. The minimum absolute atomic E-state index is 0.359. The molecule has 0 aliphatic heterocycles. The number of ether oxygens (including phenoxy) is 1. The molecule has 4 nitrogen and oxygen atoms in total. The average Bonchev–Trinajstić information content (AvgIpc) is 2.28. The summed E-state index contributed by atoms with van der Waals surface area (Å²) in [5.74, 6) is 0.0872. The van der Waals surface area contributed by atoms with Crippen molar-refractivity contribution >= 4 is 17.7 Å². The molecule has 0 N–H and O–H groups in total. The van der Waals surface area contributed by atoms with Gasteiger partial charge in [-0.05, 0) is 19.4 Å². The van der Waals surface area contributed by atoms with Crippen LogP contribution in [0.5, 0.6) is 0 Å². The maximum Gasteiger partial charge on any atom is 0.334 e. The van der Waals surface area contributed by atoms with Crippen molar-refractivity contribution in [1.29, 1.82) is 0 Å². The average molecular weight is 238 g/mol. The lowest BCUT2D eigenvalue weighted by molar-refractivity contribution is -0.138. The molecule has 0 amide bonds. The van der Waals surface area contributed by atoms with Gasteiger partial charge in [0.25, 0.3) is 0 Å². The zero-order valence-electron chi connectivity index (χ0n) is 9.40. The van der Waals surface area contributed by atoms with Gasteiger partial charge in [-0.3, -0.25) is 0 Å². The van der Waals surface area contributed by atoms with E-state index in [-0.39, 0.29) is 5.97 Å². The summed E-state index contributed by atoms with van der Waals surface area (Å²) in [7, 11) is 0. The van der Waals surface area contributed by atoms with Crippen molar-refractivity contribution in [2.75, 3.05) is 12.4 Å². The number of carbonyl (C=O) groups is 1. The first kappa shape index (κ1) is 12.7. The Morgan fingerprint density at radius 1 is 1.50 bits per heavy atom. The molecular formula is C11H14N2O2S. The summed E-state index contributed by atoms with van der Waals surface area (Å²) < 4.78 is 4.82. The van der Waals surface area contributed by atoms with Crippen LogP contribution in [0.1, 0.15) is 12.5 Å². The molecular weight excluding hydrogens is 224 g/mol. The first-order valence-electron chi connectivity index (χ1n) is 4.89. The van der Waals surface area contributed by atoms with Crippen molar-refractivity contribution in [3.05, 3.63) is 30.1 Å². The fourth-order valence-electron chi connectivity index (χ4n) is 0.899. The van der Waals surface area contributed by atoms with E-state index >= 15 is 0 Å². The van der Waals surface area contributed by atoms with Crippen molar-refractivity contribution in [2.45, 2.75) is 19.0 Å². The molecule has 86 valence electrons. The minimum Gasteiger partial charge on any atom is -0.463 e. The summed E-state index contributed by atoms with van der Waals surface area (Å²) in [6, 6.07) is 0. The highest BCUT2D eigenvalue weighted by molar-refractivity contribution is 7.99. The molecule has 16 heavy (non-hydrogen) atoms. The van der Waals surface area contributed by atoms with Crippen molar-refractivity contribution < 1.29 is 9.53 Å². The van der Waals surface area contributed by atoms with Crippen LogP contribution in [-0.4, -0.2) is 28.3 Å². The third-order valence-electron chi connectivity index (χ3n) is 1.70. The Balaban J connectivity index is 2.42. The molecule has 1 heterocycles. The van der Waals surface area contributed by atoms with Crippen LogP contribution in [-0.2, 0) is 9.53 Å². The summed E-state index contributed by atoms with van der Waals surface area (Å²) >= 11 is 1.37. The van der Waals surface area contributed by atoms with E-state index in [2.05, 4.69) is 16.5 Å². The third-order valence-corrected chi connectivity index (χ3v) is 2.66. The summed E-state index contributed by atoms with van der Waals surface area (Å²) in [4.78, 5) is 19.5. The number of esters is 1. The van der Waals surface area contributed by atoms with E-state index in [1.807, 2.05) is 6.92 Å². The van der Waals surface area contributed by atoms with E-state index in [0.717, 1.165) is 5.56 Å². The van der Waals surface area contributed by atoms with Crippen LogP contribution in [0.2, 0.25) is 0 Å². The van der Waals surface area contributed by atoms with E-state index in [1.54, 1.807) is 19.3 Å². The predicted octanol–water partition coefficient (Wildman–Crippen LogP) is 2.00. The SMILES string of the molecule is C=C(CSc1ncc(C)cn1)C(=O)OCC. The Morgan fingerprint density at radius 2 is 2.12 bits per heavy atom. The zero-order chi connectivity index (χ0) is 12.0. The highest BCUT2D eigenvalue weighted by atomic mass is 32.2. The smallest absolute Gasteiger partial charge is 0.334 e. The number of nitrogens with zero attached hydrogens (tertiary/aromatic N) is 2. The van der Waals surface area contributed by atoms with Gasteiger partial charge >= 0.3 is 5.97 Å². The Hall–Kier alpha value is -1.36. The number of rotatable bonds is 5. The molecule has 0 aromatic carbocycles. The van der Waals surface area contributed by atoms with Crippen LogP contribution in [0.3, 0.4) is 0 Å². The van der Waals surface area contributed by atoms with Gasteiger partial charge in [0.1, 0.15) is 0 Å². The van der Waals surface area contributed by atoms with E-state index < -0.39 is 0 Å². The maximum absolute atomic E-state index is 11.2. The van der Waals surface area contributed by atoms with Crippen LogP contribution >= 0.6 is 11.8 Å². The number of hydrogen-bond acceptors (Lipinski definition) is 5. The number of aromatic nitrogens is 2.